The zero-order valence-corrected chi connectivity index (χ0v) is 8.23. The maximum Gasteiger partial charge on any atom is 0.446 e. The smallest absolute Gasteiger partial charge is 0.262 e. The molecule has 0 N–H and O–H groups in total. The zero-order chi connectivity index (χ0) is 10.1. The molecular formula is C6H2Cl2F3NS. The molecule has 0 aliphatic rings. The lowest BCUT2D eigenvalue weighted by Crippen LogP contribution is -1.99. The first-order valence-corrected chi connectivity index (χ1v) is 4.52. The van der Waals surface area contributed by atoms with Crippen molar-refractivity contribution in [3.05, 3.63) is 22.4 Å². The Morgan fingerprint density at radius 2 is 1.62 bits per heavy atom. The van der Waals surface area contributed by atoms with Crippen LogP contribution in [0.15, 0.2) is 17.3 Å². The summed E-state index contributed by atoms with van der Waals surface area (Å²) in [5.41, 5.74) is -4.39. The molecular weight excluding hydrogens is 246 g/mol. The molecule has 72 valence electrons. The lowest BCUT2D eigenvalue weighted by molar-refractivity contribution is -0.0328. The van der Waals surface area contributed by atoms with Crippen LogP contribution >= 0.6 is 35.0 Å². The second kappa shape index (κ2) is 3.94. The van der Waals surface area contributed by atoms with Gasteiger partial charge in [-0.3, -0.25) is 4.98 Å². The predicted molar refractivity (Wildman–Crippen MR) is 46.2 cm³/mol. The van der Waals surface area contributed by atoms with Gasteiger partial charge in [0.15, 0.2) is 0 Å². The maximum absolute atomic E-state index is 11.9. The average Bonchev–Trinajstić information content (AvgIpc) is 1.95. The van der Waals surface area contributed by atoms with Crippen molar-refractivity contribution in [3.63, 3.8) is 0 Å². The molecule has 0 aliphatic carbocycles. The number of halogens is 5. The fourth-order valence-corrected chi connectivity index (χ4v) is 1.74. The van der Waals surface area contributed by atoms with Gasteiger partial charge in [0.2, 0.25) is 0 Å². The van der Waals surface area contributed by atoms with Crippen LogP contribution in [0.1, 0.15) is 0 Å². The Kier molecular flexibility index (Phi) is 3.32. The molecule has 0 unspecified atom stereocenters. The minimum atomic E-state index is -4.39. The van der Waals surface area contributed by atoms with Crippen LogP contribution < -0.4 is 0 Å². The highest BCUT2D eigenvalue weighted by atomic mass is 35.5. The molecule has 1 aromatic heterocycles. The molecule has 0 radical (unpaired) electrons. The standard InChI is InChI=1S/C6H2Cl2F3NS/c7-3-1-12-2-4(8)5(3)13-6(9,10)11/h1-2H. The Labute approximate surface area is 86.2 Å². The van der Waals surface area contributed by atoms with Crippen LogP contribution in [0, 0.1) is 0 Å². The van der Waals surface area contributed by atoms with E-state index in [1.807, 2.05) is 0 Å². The van der Waals surface area contributed by atoms with Gasteiger partial charge in [0.1, 0.15) is 0 Å². The molecule has 0 spiro atoms. The van der Waals surface area contributed by atoms with Crippen LogP contribution in [-0.4, -0.2) is 10.5 Å². The van der Waals surface area contributed by atoms with E-state index < -0.39 is 5.51 Å². The summed E-state index contributed by atoms with van der Waals surface area (Å²) in [6, 6.07) is 0. The molecule has 0 atom stereocenters. The molecule has 7 heteroatoms. The van der Waals surface area contributed by atoms with Gasteiger partial charge in [0.25, 0.3) is 0 Å². The second-order valence-corrected chi connectivity index (χ2v) is 3.87. The molecule has 0 saturated heterocycles. The number of hydrogen-bond donors (Lipinski definition) is 0. The Morgan fingerprint density at radius 3 is 2.00 bits per heavy atom. The molecule has 0 amide bonds. The monoisotopic (exact) mass is 247 g/mol. The zero-order valence-electron chi connectivity index (χ0n) is 5.90. The number of alkyl halides is 3. The van der Waals surface area contributed by atoms with Gasteiger partial charge >= 0.3 is 5.51 Å². The third-order valence-electron chi connectivity index (χ3n) is 1.03. The van der Waals surface area contributed by atoms with Gasteiger partial charge in [-0.05, 0) is 11.8 Å². The Bertz CT molecular complexity index is 295. The van der Waals surface area contributed by atoms with E-state index in [1.54, 1.807) is 0 Å². The lowest BCUT2D eigenvalue weighted by atomic mass is 10.5. The first kappa shape index (κ1) is 10.9. The van der Waals surface area contributed by atoms with Crippen molar-refractivity contribution in [2.45, 2.75) is 10.4 Å². The molecule has 1 heterocycles. The number of pyridine rings is 1. The van der Waals surface area contributed by atoms with Gasteiger partial charge in [-0.25, -0.2) is 0 Å². The summed E-state index contributed by atoms with van der Waals surface area (Å²) >= 11 is 10.6. The molecule has 1 nitrogen and oxygen atoms in total. The molecule has 0 fully saturated rings. The summed E-state index contributed by atoms with van der Waals surface area (Å²) in [5.74, 6) is 0. The summed E-state index contributed by atoms with van der Waals surface area (Å²) in [4.78, 5) is 3.31. The summed E-state index contributed by atoms with van der Waals surface area (Å²) in [5, 5.41) is -0.204. The molecule has 1 aromatic rings. The number of hydrogen-bond acceptors (Lipinski definition) is 2. The minimum absolute atomic E-state index is 0.102. The van der Waals surface area contributed by atoms with Crippen LogP contribution in [0.25, 0.3) is 0 Å². The fraction of sp³-hybridized carbons (Fsp3) is 0.167. The van der Waals surface area contributed by atoms with E-state index in [4.69, 9.17) is 23.2 Å². The van der Waals surface area contributed by atoms with Crippen LogP contribution in [0.5, 0.6) is 0 Å². The van der Waals surface area contributed by atoms with E-state index in [9.17, 15) is 13.2 Å². The summed E-state index contributed by atoms with van der Waals surface area (Å²) < 4.78 is 35.8. The van der Waals surface area contributed by atoms with Crippen molar-refractivity contribution < 1.29 is 13.2 Å². The van der Waals surface area contributed by atoms with Gasteiger partial charge in [0.05, 0.1) is 14.9 Å². The number of nitrogens with zero attached hydrogens (tertiary/aromatic N) is 1. The summed E-state index contributed by atoms with van der Waals surface area (Å²) in [6.45, 7) is 0. The SMILES string of the molecule is FC(F)(F)Sc1c(Cl)cncc1Cl. The summed E-state index contributed by atoms with van der Waals surface area (Å²) in [7, 11) is 0. The Morgan fingerprint density at radius 1 is 1.15 bits per heavy atom. The Hall–Kier alpha value is -0.130. The van der Waals surface area contributed by atoms with Crippen LogP contribution in [-0.2, 0) is 0 Å². The summed E-state index contributed by atoms with van der Waals surface area (Å²) in [6.07, 6.45) is 2.23. The maximum atomic E-state index is 11.9. The van der Waals surface area contributed by atoms with E-state index in [0.29, 0.717) is 0 Å². The third-order valence-corrected chi connectivity index (χ3v) is 2.70. The first-order valence-electron chi connectivity index (χ1n) is 2.95. The molecule has 0 bridgehead atoms. The van der Waals surface area contributed by atoms with Crippen LogP contribution in [0.2, 0.25) is 10.0 Å². The van der Waals surface area contributed by atoms with E-state index >= 15 is 0 Å². The van der Waals surface area contributed by atoms with Crippen LogP contribution in [0.3, 0.4) is 0 Å². The van der Waals surface area contributed by atoms with Crippen molar-refractivity contribution in [2.75, 3.05) is 0 Å². The van der Waals surface area contributed by atoms with Crippen molar-refractivity contribution >= 4 is 35.0 Å². The minimum Gasteiger partial charge on any atom is -0.262 e. The Balaban J connectivity index is 3.00. The third kappa shape index (κ3) is 3.25. The quantitative estimate of drug-likeness (QED) is 0.696. The fourth-order valence-electron chi connectivity index (χ4n) is 0.613. The average molecular weight is 248 g/mol. The van der Waals surface area contributed by atoms with E-state index in [-0.39, 0.29) is 26.7 Å². The van der Waals surface area contributed by atoms with E-state index in [0.717, 1.165) is 12.4 Å². The van der Waals surface area contributed by atoms with Crippen molar-refractivity contribution in [3.8, 4) is 0 Å². The van der Waals surface area contributed by atoms with Crippen molar-refractivity contribution in [2.24, 2.45) is 0 Å². The van der Waals surface area contributed by atoms with Crippen molar-refractivity contribution in [1.82, 2.24) is 4.98 Å². The highest BCUT2D eigenvalue weighted by Crippen LogP contribution is 2.43. The second-order valence-electron chi connectivity index (χ2n) is 1.98. The van der Waals surface area contributed by atoms with Gasteiger partial charge in [-0.2, -0.15) is 13.2 Å². The molecule has 13 heavy (non-hydrogen) atoms. The lowest BCUT2D eigenvalue weighted by Gasteiger charge is -2.07. The number of rotatable bonds is 1. The van der Waals surface area contributed by atoms with Gasteiger partial charge < -0.3 is 0 Å². The largest absolute Gasteiger partial charge is 0.446 e. The molecule has 0 saturated carbocycles. The van der Waals surface area contributed by atoms with E-state index in [1.165, 1.54) is 0 Å². The highest BCUT2D eigenvalue weighted by Gasteiger charge is 2.31. The molecule has 0 aromatic carbocycles. The first-order chi connectivity index (χ1) is 5.90. The topological polar surface area (TPSA) is 12.9 Å². The molecule has 1 rings (SSSR count). The predicted octanol–water partition coefficient (Wildman–Crippen LogP) is 4.00. The number of aromatic nitrogens is 1. The highest BCUT2D eigenvalue weighted by molar-refractivity contribution is 8.00. The number of thioether (sulfide) groups is 1. The van der Waals surface area contributed by atoms with Gasteiger partial charge in [0, 0.05) is 12.4 Å². The normalized spacial score (nSPS) is 11.8. The van der Waals surface area contributed by atoms with Gasteiger partial charge in [-0.1, -0.05) is 23.2 Å². The van der Waals surface area contributed by atoms with Crippen LogP contribution in [0.4, 0.5) is 13.2 Å². The van der Waals surface area contributed by atoms with Crippen molar-refractivity contribution in [1.29, 1.82) is 0 Å². The van der Waals surface area contributed by atoms with E-state index in [2.05, 4.69) is 4.98 Å². The van der Waals surface area contributed by atoms with Gasteiger partial charge in [-0.15, -0.1) is 0 Å². The molecule has 0 aliphatic heterocycles.